The number of nitrogens with one attached hydrogen (secondary N) is 1. The minimum Gasteiger partial charge on any atom is -0.339 e. The van der Waals surface area contributed by atoms with Crippen LogP contribution in [0.1, 0.15) is 42.4 Å². The van der Waals surface area contributed by atoms with Crippen LogP contribution in [0.25, 0.3) is 0 Å². The number of benzene rings is 1. The third-order valence-corrected chi connectivity index (χ3v) is 4.31. The molecule has 0 aromatic heterocycles. The molecule has 2 rings (SSSR count). The van der Waals surface area contributed by atoms with Crippen LogP contribution < -0.4 is 5.32 Å². The van der Waals surface area contributed by atoms with E-state index in [1.807, 2.05) is 32.0 Å². The van der Waals surface area contributed by atoms with Crippen molar-refractivity contribution in [3.63, 3.8) is 0 Å². The molecule has 1 aliphatic carbocycles. The number of carbonyl (C=O) groups excluding carboxylic acids is 2. The predicted octanol–water partition coefficient (Wildman–Crippen LogP) is 3.00. The maximum Gasteiger partial charge on any atom is 0.235 e. The Labute approximate surface area is 124 Å². The highest BCUT2D eigenvalue weighted by Crippen LogP contribution is 2.38. The van der Waals surface area contributed by atoms with E-state index in [0.29, 0.717) is 12.8 Å². The molecule has 1 aliphatic rings. The second-order valence-electron chi connectivity index (χ2n) is 5.48. The van der Waals surface area contributed by atoms with Crippen LogP contribution in [0.3, 0.4) is 0 Å². The first-order chi connectivity index (χ1) is 9.51. The largest absolute Gasteiger partial charge is 0.339 e. The molecular formula is C16H20ClNO2. The summed E-state index contributed by atoms with van der Waals surface area (Å²) in [6.45, 7) is 3.97. The average molecular weight is 294 g/mol. The Morgan fingerprint density at radius 2 is 1.95 bits per heavy atom. The fourth-order valence-electron chi connectivity index (χ4n) is 3.25. The minimum absolute atomic E-state index is 0.0969. The summed E-state index contributed by atoms with van der Waals surface area (Å²) < 4.78 is 0. The van der Waals surface area contributed by atoms with Crippen LogP contribution >= 0.6 is 11.6 Å². The Balaban J connectivity index is 2.56. The zero-order valence-electron chi connectivity index (χ0n) is 12.0. The fraction of sp³-hybridized carbons (Fsp3) is 0.500. The molecule has 0 radical (unpaired) electrons. The van der Waals surface area contributed by atoms with Crippen LogP contribution in [0, 0.1) is 13.8 Å². The van der Waals surface area contributed by atoms with Gasteiger partial charge in [-0.2, -0.15) is 0 Å². The van der Waals surface area contributed by atoms with Crippen molar-refractivity contribution in [2.75, 3.05) is 5.88 Å². The normalized spacial score (nSPS) is 22.6. The summed E-state index contributed by atoms with van der Waals surface area (Å²) in [5.41, 5.74) is 2.13. The van der Waals surface area contributed by atoms with E-state index in [2.05, 4.69) is 5.32 Å². The van der Waals surface area contributed by atoms with Crippen LogP contribution in [0.5, 0.6) is 0 Å². The number of halogens is 1. The van der Waals surface area contributed by atoms with Gasteiger partial charge in [-0.1, -0.05) is 18.2 Å². The van der Waals surface area contributed by atoms with Crippen molar-refractivity contribution in [1.29, 1.82) is 0 Å². The van der Waals surface area contributed by atoms with E-state index < -0.39 is 5.54 Å². The quantitative estimate of drug-likeness (QED) is 0.871. The van der Waals surface area contributed by atoms with Gasteiger partial charge in [0.2, 0.25) is 5.91 Å². The Bertz CT molecular complexity index is 521. The summed E-state index contributed by atoms with van der Waals surface area (Å²) in [6, 6.07) is 5.94. The molecule has 0 saturated heterocycles. The van der Waals surface area contributed by atoms with Gasteiger partial charge in [0.1, 0.15) is 11.4 Å². The molecule has 1 aromatic carbocycles. The van der Waals surface area contributed by atoms with Gasteiger partial charge in [0, 0.05) is 6.42 Å². The number of alkyl halides is 1. The second-order valence-corrected chi connectivity index (χ2v) is 5.75. The first-order valence-corrected chi connectivity index (χ1v) is 7.51. The minimum atomic E-state index is -0.889. The van der Waals surface area contributed by atoms with Crippen molar-refractivity contribution in [3.8, 4) is 0 Å². The summed E-state index contributed by atoms with van der Waals surface area (Å²) in [6.07, 6.45) is 2.99. The van der Waals surface area contributed by atoms with Gasteiger partial charge in [-0.15, -0.1) is 11.6 Å². The highest BCUT2D eigenvalue weighted by Gasteiger charge is 2.44. The Morgan fingerprint density at radius 1 is 1.30 bits per heavy atom. The lowest BCUT2D eigenvalue weighted by atomic mass is 9.72. The molecule has 20 heavy (non-hydrogen) atoms. The van der Waals surface area contributed by atoms with E-state index >= 15 is 0 Å². The number of Topliss-reactive ketones (excluding diaryl/α,β-unsaturated/α-hetero) is 1. The molecule has 4 heteroatoms. The average Bonchev–Trinajstić information content (AvgIpc) is 2.41. The number of hydrogen-bond donors (Lipinski definition) is 1. The highest BCUT2D eigenvalue weighted by atomic mass is 35.5. The van der Waals surface area contributed by atoms with Crippen LogP contribution in [0.2, 0.25) is 0 Å². The third kappa shape index (κ3) is 2.59. The lowest BCUT2D eigenvalue weighted by Crippen LogP contribution is -2.54. The molecule has 1 fully saturated rings. The molecule has 1 amide bonds. The van der Waals surface area contributed by atoms with Crippen LogP contribution in [-0.4, -0.2) is 17.6 Å². The third-order valence-electron chi connectivity index (χ3n) is 4.06. The van der Waals surface area contributed by atoms with Gasteiger partial charge in [0.05, 0.1) is 0 Å². The van der Waals surface area contributed by atoms with E-state index in [1.165, 1.54) is 0 Å². The molecule has 1 aromatic rings. The van der Waals surface area contributed by atoms with Gasteiger partial charge in [-0.25, -0.2) is 0 Å². The Morgan fingerprint density at radius 3 is 2.50 bits per heavy atom. The molecule has 1 unspecified atom stereocenters. The predicted molar refractivity (Wildman–Crippen MR) is 79.9 cm³/mol. The lowest BCUT2D eigenvalue weighted by molar-refractivity contribution is -0.133. The van der Waals surface area contributed by atoms with Gasteiger partial charge in [0.25, 0.3) is 0 Å². The van der Waals surface area contributed by atoms with Crippen molar-refractivity contribution in [2.24, 2.45) is 0 Å². The van der Waals surface area contributed by atoms with Crippen molar-refractivity contribution >= 4 is 23.3 Å². The molecule has 0 aliphatic heterocycles. The molecule has 0 bridgehead atoms. The van der Waals surface area contributed by atoms with Crippen LogP contribution in [0.15, 0.2) is 18.2 Å². The molecular weight excluding hydrogens is 274 g/mol. The van der Waals surface area contributed by atoms with E-state index in [-0.39, 0.29) is 17.6 Å². The zero-order chi connectivity index (χ0) is 14.8. The number of aryl methyl sites for hydroxylation is 2. The second kappa shape index (κ2) is 5.96. The van der Waals surface area contributed by atoms with Gasteiger partial charge in [-0.3, -0.25) is 9.59 Å². The lowest BCUT2D eigenvalue weighted by Gasteiger charge is -2.39. The molecule has 1 saturated carbocycles. The van der Waals surface area contributed by atoms with Crippen molar-refractivity contribution < 1.29 is 9.59 Å². The molecule has 1 N–H and O–H groups in total. The maximum absolute atomic E-state index is 12.6. The SMILES string of the molecule is Cc1cccc(C)c1C1(NC(=O)CCl)CCCCC1=O. The summed E-state index contributed by atoms with van der Waals surface area (Å²) in [5, 5.41) is 2.91. The standard InChI is InChI=1S/C16H20ClNO2/c1-11-6-5-7-12(2)15(11)16(18-14(20)10-17)9-4-3-8-13(16)19/h5-7H,3-4,8-10H2,1-2H3,(H,18,20). The summed E-state index contributed by atoms with van der Waals surface area (Å²) in [4.78, 5) is 24.4. The van der Waals surface area contributed by atoms with Crippen LogP contribution in [0.4, 0.5) is 0 Å². The summed E-state index contributed by atoms with van der Waals surface area (Å²) in [7, 11) is 0. The van der Waals surface area contributed by atoms with Crippen LogP contribution in [-0.2, 0) is 15.1 Å². The Kier molecular flexibility index (Phi) is 4.48. The monoisotopic (exact) mass is 293 g/mol. The van der Waals surface area contributed by atoms with E-state index in [1.54, 1.807) is 0 Å². The van der Waals surface area contributed by atoms with Gasteiger partial charge < -0.3 is 5.32 Å². The summed E-state index contributed by atoms with van der Waals surface area (Å²) >= 11 is 5.62. The molecule has 108 valence electrons. The Hall–Kier alpha value is -1.35. The topological polar surface area (TPSA) is 46.2 Å². The van der Waals surface area contributed by atoms with E-state index in [9.17, 15) is 9.59 Å². The van der Waals surface area contributed by atoms with E-state index in [4.69, 9.17) is 11.6 Å². The maximum atomic E-state index is 12.6. The molecule has 1 atom stereocenters. The van der Waals surface area contributed by atoms with Gasteiger partial charge in [-0.05, 0) is 49.8 Å². The number of amides is 1. The molecule has 3 nitrogen and oxygen atoms in total. The van der Waals surface area contributed by atoms with E-state index in [0.717, 1.165) is 29.5 Å². The number of hydrogen-bond acceptors (Lipinski definition) is 2. The number of carbonyl (C=O) groups is 2. The first-order valence-electron chi connectivity index (χ1n) is 6.98. The van der Waals surface area contributed by atoms with Crippen molar-refractivity contribution in [3.05, 3.63) is 34.9 Å². The highest BCUT2D eigenvalue weighted by molar-refractivity contribution is 6.27. The van der Waals surface area contributed by atoms with Crippen molar-refractivity contribution in [1.82, 2.24) is 5.32 Å². The summed E-state index contributed by atoms with van der Waals surface area (Å²) in [5.74, 6) is -0.316. The first kappa shape index (κ1) is 15.0. The van der Waals surface area contributed by atoms with Gasteiger partial charge >= 0.3 is 0 Å². The molecule has 0 heterocycles. The van der Waals surface area contributed by atoms with Gasteiger partial charge in [0.15, 0.2) is 5.78 Å². The number of rotatable bonds is 3. The smallest absolute Gasteiger partial charge is 0.235 e. The number of ketones is 1. The molecule has 0 spiro atoms. The van der Waals surface area contributed by atoms with Crippen molar-refractivity contribution in [2.45, 2.75) is 45.1 Å². The fourth-order valence-corrected chi connectivity index (χ4v) is 3.31. The zero-order valence-corrected chi connectivity index (χ0v) is 12.7.